The predicted molar refractivity (Wildman–Crippen MR) is 95.4 cm³/mol. The second kappa shape index (κ2) is 7.98. The van der Waals surface area contributed by atoms with Crippen LogP contribution in [0.3, 0.4) is 0 Å². The average Bonchev–Trinajstić information content (AvgIpc) is 3.01. The van der Waals surface area contributed by atoms with Crippen LogP contribution in [0, 0.1) is 5.92 Å². The third-order valence-electron chi connectivity index (χ3n) is 4.39. The van der Waals surface area contributed by atoms with Crippen LogP contribution < -0.4 is 4.46 Å². The van der Waals surface area contributed by atoms with Crippen molar-refractivity contribution in [2.45, 2.75) is 30.4 Å². The third-order valence-corrected chi connectivity index (χ3v) is 7.35. The Morgan fingerprint density at radius 1 is 1.08 bits per heavy atom. The first-order valence-corrected chi connectivity index (χ1v) is 10.1. The summed E-state index contributed by atoms with van der Waals surface area (Å²) in [6.07, 6.45) is 0.759. The Labute approximate surface area is 149 Å². The van der Waals surface area contributed by atoms with Gasteiger partial charge in [-0.25, -0.2) is 0 Å². The van der Waals surface area contributed by atoms with E-state index < -0.39 is 0 Å². The first-order chi connectivity index (χ1) is 11.7. The van der Waals surface area contributed by atoms with Gasteiger partial charge in [-0.1, -0.05) is 0 Å². The van der Waals surface area contributed by atoms with Crippen molar-refractivity contribution in [2.24, 2.45) is 5.92 Å². The van der Waals surface area contributed by atoms with E-state index in [1.807, 2.05) is 36.4 Å². The quantitative estimate of drug-likeness (QED) is 0.582. The molecule has 0 saturated carbocycles. The van der Waals surface area contributed by atoms with Gasteiger partial charge in [0.25, 0.3) is 0 Å². The van der Waals surface area contributed by atoms with Gasteiger partial charge in [0.15, 0.2) is 0 Å². The third kappa shape index (κ3) is 3.56. The molecular formula is C20H22O3Se. The first-order valence-electron chi connectivity index (χ1n) is 8.24. The Bertz CT molecular complexity index is 659. The zero-order valence-electron chi connectivity index (χ0n) is 13.9. The van der Waals surface area contributed by atoms with E-state index in [-0.39, 0.29) is 43.9 Å². The minimum atomic E-state index is -0.248. The standard InChI is InChI=1S/C20H22O3Se/c1-3-16-19(24-15-12-8-5-9-13-15)17(20(21)22-2)18(23-16)14-10-6-4-7-11-14/h4-13,16-19H,3H2,1-2H3/t16-,17-,18-,19-/m1/s1. The molecule has 2 aromatic carbocycles. The van der Waals surface area contributed by atoms with Crippen molar-refractivity contribution in [3.8, 4) is 0 Å². The second-order valence-corrected chi connectivity index (χ2v) is 8.48. The zero-order chi connectivity index (χ0) is 16.9. The number of hydrogen-bond donors (Lipinski definition) is 0. The van der Waals surface area contributed by atoms with Gasteiger partial charge in [0.05, 0.1) is 0 Å². The van der Waals surface area contributed by atoms with Crippen LogP contribution in [0.15, 0.2) is 60.7 Å². The molecule has 4 heteroatoms. The van der Waals surface area contributed by atoms with Gasteiger partial charge in [-0.15, -0.1) is 0 Å². The number of ether oxygens (including phenoxy) is 2. The van der Waals surface area contributed by atoms with E-state index in [0.29, 0.717) is 0 Å². The molecule has 0 unspecified atom stereocenters. The van der Waals surface area contributed by atoms with Crippen LogP contribution in [0.4, 0.5) is 0 Å². The molecule has 0 aliphatic carbocycles. The summed E-state index contributed by atoms with van der Waals surface area (Å²) >= 11 is 0.157. The van der Waals surface area contributed by atoms with Crippen molar-refractivity contribution in [3.05, 3.63) is 66.2 Å². The molecule has 1 heterocycles. The predicted octanol–water partition coefficient (Wildman–Crippen LogP) is 3.14. The fourth-order valence-corrected chi connectivity index (χ4v) is 6.23. The molecular weight excluding hydrogens is 367 g/mol. The van der Waals surface area contributed by atoms with Crippen LogP contribution >= 0.6 is 0 Å². The number of hydrogen-bond acceptors (Lipinski definition) is 3. The SMILES string of the molecule is CC[C@H]1O[C@H](c2ccccc2)[C@@H](C(=O)OC)[C@@H]1[Se]c1ccccc1. The molecule has 1 aliphatic rings. The normalized spacial score (nSPS) is 26.2. The number of benzene rings is 2. The van der Waals surface area contributed by atoms with Crippen LogP contribution in [-0.4, -0.2) is 34.1 Å². The molecule has 0 bridgehead atoms. The molecule has 1 aliphatic heterocycles. The van der Waals surface area contributed by atoms with E-state index in [1.54, 1.807) is 0 Å². The van der Waals surface area contributed by atoms with Gasteiger partial charge in [-0.3, -0.25) is 0 Å². The van der Waals surface area contributed by atoms with Crippen LogP contribution in [0.1, 0.15) is 25.0 Å². The molecule has 3 rings (SSSR count). The molecule has 4 atom stereocenters. The van der Waals surface area contributed by atoms with Crippen LogP contribution in [0.5, 0.6) is 0 Å². The molecule has 126 valence electrons. The number of carbonyl (C=O) groups is 1. The van der Waals surface area contributed by atoms with Crippen molar-refractivity contribution in [1.29, 1.82) is 0 Å². The molecule has 1 fully saturated rings. The molecule has 0 aromatic heterocycles. The minimum absolute atomic E-state index is 0.0829. The Morgan fingerprint density at radius 2 is 1.71 bits per heavy atom. The summed E-state index contributed by atoms with van der Waals surface area (Å²) in [5, 5.41) is 0. The van der Waals surface area contributed by atoms with Crippen molar-refractivity contribution >= 4 is 25.4 Å². The Balaban J connectivity index is 1.93. The summed E-state index contributed by atoms with van der Waals surface area (Å²) < 4.78 is 12.8. The molecule has 0 radical (unpaired) electrons. The van der Waals surface area contributed by atoms with Gasteiger partial charge in [-0.05, 0) is 0 Å². The number of rotatable bonds is 5. The Kier molecular flexibility index (Phi) is 5.72. The maximum atomic E-state index is 12.6. The van der Waals surface area contributed by atoms with Gasteiger partial charge in [0.2, 0.25) is 0 Å². The summed E-state index contributed by atoms with van der Waals surface area (Å²) in [4.78, 5) is 12.8. The molecule has 0 amide bonds. The molecule has 0 spiro atoms. The maximum absolute atomic E-state index is 12.6. The summed E-state index contributed by atoms with van der Waals surface area (Å²) in [7, 11) is 1.47. The van der Waals surface area contributed by atoms with Crippen LogP contribution in [-0.2, 0) is 14.3 Å². The van der Waals surface area contributed by atoms with Crippen molar-refractivity contribution in [2.75, 3.05) is 7.11 Å². The van der Waals surface area contributed by atoms with Crippen molar-refractivity contribution in [3.63, 3.8) is 0 Å². The number of methoxy groups -OCH3 is 1. The first kappa shape index (κ1) is 17.2. The van der Waals surface area contributed by atoms with Gasteiger partial charge in [0.1, 0.15) is 0 Å². The summed E-state index contributed by atoms with van der Waals surface area (Å²) in [6, 6.07) is 20.4. The molecule has 3 nitrogen and oxygen atoms in total. The summed E-state index contributed by atoms with van der Waals surface area (Å²) in [5.41, 5.74) is 1.05. The average molecular weight is 389 g/mol. The van der Waals surface area contributed by atoms with E-state index in [1.165, 1.54) is 11.6 Å². The number of carbonyl (C=O) groups excluding carboxylic acids is 1. The fraction of sp³-hybridized carbons (Fsp3) is 0.350. The van der Waals surface area contributed by atoms with Crippen molar-refractivity contribution < 1.29 is 14.3 Å². The van der Waals surface area contributed by atoms with Crippen molar-refractivity contribution in [1.82, 2.24) is 0 Å². The van der Waals surface area contributed by atoms with E-state index in [9.17, 15) is 4.79 Å². The van der Waals surface area contributed by atoms with E-state index in [2.05, 4.69) is 31.2 Å². The van der Waals surface area contributed by atoms with Gasteiger partial charge >= 0.3 is 149 Å². The van der Waals surface area contributed by atoms with E-state index >= 15 is 0 Å². The van der Waals surface area contributed by atoms with Crippen LogP contribution in [0.25, 0.3) is 0 Å². The summed E-state index contributed by atoms with van der Waals surface area (Å²) in [5.74, 6) is -0.412. The van der Waals surface area contributed by atoms with Gasteiger partial charge in [0, 0.05) is 0 Å². The monoisotopic (exact) mass is 390 g/mol. The van der Waals surface area contributed by atoms with Crippen LogP contribution in [0.2, 0.25) is 4.82 Å². The van der Waals surface area contributed by atoms with E-state index in [4.69, 9.17) is 9.47 Å². The zero-order valence-corrected chi connectivity index (χ0v) is 15.6. The Morgan fingerprint density at radius 3 is 2.29 bits per heavy atom. The fourth-order valence-electron chi connectivity index (χ4n) is 3.21. The van der Waals surface area contributed by atoms with Gasteiger partial charge < -0.3 is 0 Å². The Hall–Kier alpha value is -1.61. The number of esters is 1. The summed E-state index contributed by atoms with van der Waals surface area (Å²) in [6.45, 7) is 2.13. The topological polar surface area (TPSA) is 35.5 Å². The molecule has 0 N–H and O–H groups in total. The van der Waals surface area contributed by atoms with E-state index in [0.717, 1.165) is 12.0 Å². The molecule has 2 aromatic rings. The molecule has 1 saturated heterocycles. The second-order valence-electron chi connectivity index (χ2n) is 5.86. The molecule has 24 heavy (non-hydrogen) atoms. The van der Waals surface area contributed by atoms with Gasteiger partial charge in [-0.2, -0.15) is 0 Å².